The first-order valence-electron chi connectivity index (χ1n) is 5.65. The lowest BCUT2D eigenvalue weighted by Crippen LogP contribution is -2.29. The molecule has 0 atom stereocenters. The van der Waals surface area contributed by atoms with Crippen LogP contribution >= 0.6 is 11.3 Å². The van der Waals surface area contributed by atoms with Gasteiger partial charge >= 0.3 is 0 Å². The van der Waals surface area contributed by atoms with Crippen molar-refractivity contribution in [3.05, 3.63) is 40.0 Å². The minimum absolute atomic E-state index is 0.479. The summed E-state index contributed by atoms with van der Waals surface area (Å²) < 4.78 is 0. The van der Waals surface area contributed by atoms with Gasteiger partial charge in [0.1, 0.15) is 5.82 Å². The summed E-state index contributed by atoms with van der Waals surface area (Å²) in [5.74, 6) is 0.479. The van der Waals surface area contributed by atoms with Gasteiger partial charge in [0.05, 0.1) is 18.1 Å². The van der Waals surface area contributed by atoms with Crippen molar-refractivity contribution in [2.24, 2.45) is 0 Å². The van der Waals surface area contributed by atoms with E-state index in [1.54, 1.807) is 12.4 Å². The van der Waals surface area contributed by atoms with Gasteiger partial charge in [0.25, 0.3) is 0 Å². The van der Waals surface area contributed by atoms with E-state index in [0.29, 0.717) is 5.82 Å². The Labute approximate surface area is 104 Å². The van der Waals surface area contributed by atoms with Crippen LogP contribution in [0.3, 0.4) is 0 Å². The number of aromatic nitrogens is 2. The molecule has 0 saturated carbocycles. The molecule has 3 heterocycles. The molecule has 0 radical (unpaired) electrons. The standard InChI is InChI=1S/C12H14N4S/c13-12-6-14-10(5-15-12)8-16-3-1-11-9(7-16)2-4-17-11/h2,4-6H,1,3,7-8H2,(H2,13,15). The third-order valence-corrected chi connectivity index (χ3v) is 4.02. The third-order valence-electron chi connectivity index (χ3n) is 3.00. The molecule has 88 valence electrons. The first kappa shape index (κ1) is 10.7. The highest BCUT2D eigenvalue weighted by molar-refractivity contribution is 7.10. The molecule has 0 spiro atoms. The smallest absolute Gasteiger partial charge is 0.141 e. The Morgan fingerprint density at radius 2 is 2.29 bits per heavy atom. The van der Waals surface area contributed by atoms with Gasteiger partial charge in [0, 0.05) is 24.5 Å². The summed E-state index contributed by atoms with van der Waals surface area (Å²) in [7, 11) is 0. The quantitative estimate of drug-likeness (QED) is 0.876. The Hall–Kier alpha value is -1.46. The van der Waals surface area contributed by atoms with Crippen LogP contribution in [-0.4, -0.2) is 21.4 Å². The molecule has 2 aromatic rings. The summed E-state index contributed by atoms with van der Waals surface area (Å²) in [6.45, 7) is 2.97. The van der Waals surface area contributed by atoms with Crippen LogP contribution in [0.5, 0.6) is 0 Å². The molecule has 2 aromatic heterocycles. The van der Waals surface area contributed by atoms with E-state index >= 15 is 0 Å². The number of nitrogens with zero attached hydrogens (tertiary/aromatic N) is 3. The number of fused-ring (bicyclic) bond motifs is 1. The van der Waals surface area contributed by atoms with Crippen LogP contribution < -0.4 is 5.73 Å². The summed E-state index contributed by atoms with van der Waals surface area (Å²) in [5, 5.41) is 2.18. The average molecular weight is 246 g/mol. The van der Waals surface area contributed by atoms with E-state index in [0.717, 1.165) is 31.7 Å². The van der Waals surface area contributed by atoms with Crippen LogP contribution in [0.2, 0.25) is 0 Å². The molecule has 1 aliphatic rings. The highest BCUT2D eigenvalue weighted by Crippen LogP contribution is 2.24. The zero-order chi connectivity index (χ0) is 11.7. The van der Waals surface area contributed by atoms with Gasteiger partial charge in [-0.05, 0) is 23.4 Å². The molecule has 0 unspecified atom stereocenters. The Morgan fingerprint density at radius 1 is 1.35 bits per heavy atom. The Morgan fingerprint density at radius 3 is 3.12 bits per heavy atom. The normalized spacial score (nSPS) is 15.8. The van der Waals surface area contributed by atoms with Crippen LogP contribution in [0.25, 0.3) is 0 Å². The van der Waals surface area contributed by atoms with Crippen molar-refractivity contribution in [2.45, 2.75) is 19.5 Å². The maximum absolute atomic E-state index is 5.52. The molecule has 17 heavy (non-hydrogen) atoms. The van der Waals surface area contributed by atoms with Crippen molar-refractivity contribution in [1.29, 1.82) is 0 Å². The third kappa shape index (κ3) is 2.30. The molecule has 0 saturated heterocycles. The minimum atomic E-state index is 0.479. The fourth-order valence-electron chi connectivity index (χ4n) is 2.12. The lowest BCUT2D eigenvalue weighted by Gasteiger charge is -2.26. The molecule has 0 bridgehead atoms. The Balaban J connectivity index is 1.69. The van der Waals surface area contributed by atoms with Crippen LogP contribution in [0.15, 0.2) is 23.8 Å². The second-order valence-corrected chi connectivity index (χ2v) is 5.26. The number of nitrogens with two attached hydrogens (primary N) is 1. The maximum atomic E-state index is 5.52. The molecule has 0 aliphatic carbocycles. The first-order valence-corrected chi connectivity index (χ1v) is 6.53. The lowest BCUT2D eigenvalue weighted by molar-refractivity contribution is 0.244. The van der Waals surface area contributed by atoms with E-state index in [9.17, 15) is 0 Å². The average Bonchev–Trinajstić information content (AvgIpc) is 2.79. The monoisotopic (exact) mass is 246 g/mol. The second kappa shape index (κ2) is 4.43. The van der Waals surface area contributed by atoms with Crippen molar-refractivity contribution in [3.63, 3.8) is 0 Å². The SMILES string of the molecule is Nc1cnc(CN2CCc3sccc3C2)cn1. The van der Waals surface area contributed by atoms with Gasteiger partial charge in [0.15, 0.2) is 0 Å². The number of nitrogen functional groups attached to an aromatic ring is 1. The van der Waals surface area contributed by atoms with Gasteiger partial charge < -0.3 is 5.73 Å². The summed E-state index contributed by atoms with van der Waals surface area (Å²) >= 11 is 1.86. The van der Waals surface area contributed by atoms with Crippen molar-refractivity contribution in [3.8, 4) is 0 Å². The largest absolute Gasteiger partial charge is 0.382 e. The zero-order valence-corrected chi connectivity index (χ0v) is 10.3. The number of thiophene rings is 1. The molecular weight excluding hydrogens is 232 g/mol. The topological polar surface area (TPSA) is 55.0 Å². The van der Waals surface area contributed by atoms with Crippen molar-refractivity contribution in [2.75, 3.05) is 12.3 Å². The van der Waals surface area contributed by atoms with E-state index in [4.69, 9.17) is 5.73 Å². The van der Waals surface area contributed by atoms with Crippen LogP contribution in [-0.2, 0) is 19.5 Å². The molecule has 0 amide bonds. The van der Waals surface area contributed by atoms with Crippen LogP contribution in [0, 0.1) is 0 Å². The van der Waals surface area contributed by atoms with E-state index in [-0.39, 0.29) is 0 Å². The molecule has 4 nitrogen and oxygen atoms in total. The summed E-state index contributed by atoms with van der Waals surface area (Å²) in [4.78, 5) is 12.3. The van der Waals surface area contributed by atoms with Gasteiger partial charge in [-0.3, -0.25) is 9.88 Å². The molecule has 2 N–H and O–H groups in total. The predicted molar refractivity (Wildman–Crippen MR) is 68.6 cm³/mol. The molecule has 3 rings (SSSR count). The number of hydrogen-bond acceptors (Lipinski definition) is 5. The lowest BCUT2D eigenvalue weighted by atomic mass is 10.1. The van der Waals surface area contributed by atoms with E-state index in [1.165, 1.54) is 10.4 Å². The van der Waals surface area contributed by atoms with Crippen LogP contribution in [0.1, 0.15) is 16.1 Å². The molecular formula is C12H14N4S. The first-order chi connectivity index (χ1) is 8.31. The molecule has 1 aliphatic heterocycles. The number of anilines is 1. The summed E-state index contributed by atoms with van der Waals surface area (Å²) in [6, 6.07) is 2.22. The van der Waals surface area contributed by atoms with Crippen molar-refractivity contribution < 1.29 is 0 Å². The fourth-order valence-corrected chi connectivity index (χ4v) is 3.01. The van der Waals surface area contributed by atoms with Gasteiger partial charge in [-0.2, -0.15) is 0 Å². The number of hydrogen-bond donors (Lipinski definition) is 1. The van der Waals surface area contributed by atoms with E-state index in [1.807, 2.05) is 11.3 Å². The van der Waals surface area contributed by atoms with Crippen LogP contribution in [0.4, 0.5) is 5.82 Å². The van der Waals surface area contributed by atoms with Gasteiger partial charge in [-0.25, -0.2) is 4.98 Å². The Bertz CT molecular complexity index is 505. The second-order valence-electron chi connectivity index (χ2n) is 4.26. The predicted octanol–water partition coefficient (Wildman–Crippen LogP) is 1.68. The van der Waals surface area contributed by atoms with Crippen molar-refractivity contribution >= 4 is 17.2 Å². The van der Waals surface area contributed by atoms with Gasteiger partial charge in [0.2, 0.25) is 0 Å². The molecule has 0 aromatic carbocycles. The molecule has 5 heteroatoms. The summed E-state index contributed by atoms with van der Waals surface area (Å²) in [5.41, 5.74) is 7.97. The van der Waals surface area contributed by atoms with Gasteiger partial charge in [-0.15, -0.1) is 11.3 Å². The van der Waals surface area contributed by atoms with Gasteiger partial charge in [-0.1, -0.05) is 0 Å². The fraction of sp³-hybridized carbons (Fsp3) is 0.333. The highest BCUT2D eigenvalue weighted by Gasteiger charge is 2.17. The molecule has 0 fully saturated rings. The zero-order valence-electron chi connectivity index (χ0n) is 9.47. The van der Waals surface area contributed by atoms with Crippen molar-refractivity contribution in [1.82, 2.24) is 14.9 Å². The summed E-state index contributed by atoms with van der Waals surface area (Å²) in [6.07, 6.45) is 4.53. The Kier molecular flexibility index (Phi) is 2.78. The minimum Gasteiger partial charge on any atom is -0.382 e. The van der Waals surface area contributed by atoms with E-state index < -0.39 is 0 Å². The van der Waals surface area contributed by atoms with E-state index in [2.05, 4.69) is 26.3 Å². The number of rotatable bonds is 2. The maximum Gasteiger partial charge on any atom is 0.141 e. The highest BCUT2D eigenvalue weighted by atomic mass is 32.1.